The number of nitrogens with zero attached hydrogens (tertiary/aromatic N) is 1. The molecule has 0 bridgehead atoms. The third-order valence-corrected chi connectivity index (χ3v) is 3.03. The Kier molecular flexibility index (Phi) is 3.13. The van der Waals surface area contributed by atoms with Crippen LogP contribution in [0.3, 0.4) is 0 Å². The third kappa shape index (κ3) is 2.46. The van der Waals surface area contributed by atoms with Crippen molar-refractivity contribution < 1.29 is 5.11 Å². The predicted molar refractivity (Wildman–Crippen MR) is 51.1 cm³/mol. The first-order chi connectivity index (χ1) is 5.54. The fourth-order valence-corrected chi connectivity index (χ4v) is 1.96. The molecule has 1 fully saturated rings. The Balaban J connectivity index is 2.36. The van der Waals surface area contributed by atoms with E-state index in [9.17, 15) is 5.11 Å². The summed E-state index contributed by atoms with van der Waals surface area (Å²) in [5.41, 5.74) is -0.472. The normalized spacial score (nSPS) is 23.0. The third-order valence-electron chi connectivity index (χ3n) is 3.03. The predicted octanol–water partition coefficient (Wildman–Crippen LogP) is 1.49. The van der Waals surface area contributed by atoms with Gasteiger partial charge in [-0.05, 0) is 52.2 Å². The van der Waals surface area contributed by atoms with Gasteiger partial charge in [-0.2, -0.15) is 0 Å². The van der Waals surface area contributed by atoms with E-state index < -0.39 is 5.60 Å². The molecule has 1 heterocycles. The molecule has 1 N–H and O–H groups in total. The first kappa shape index (κ1) is 10.0. The number of likely N-dealkylation sites (tertiary alicyclic amines) is 1. The van der Waals surface area contributed by atoms with Gasteiger partial charge in [-0.3, -0.25) is 0 Å². The molecule has 0 unspecified atom stereocenters. The molecule has 0 aromatic rings. The molecule has 0 atom stereocenters. The van der Waals surface area contributed by atoms with Crippen LogP contribution in [0.15, 0.2) is 0 Å². The zero-order valence-electron chi connectivity index (χ0n) is 8.51. The van der Waals surface area contributed by atoms with E-state index in [0.29, 0.717) is 5.92 Å². The largest absolute Gasteiger partial charge is 0.390 e. The summed E-state index contributed by atoms with van der Waals surface area (Å²) in [5, 5.41) is 9.78. The number of aliphatic hydroxyl groups is 1. The Morgan fingerprint density at radius 3 is 2.17 bits per heavy atom. The number of hydrogen-bond acceptors (Lipinski definition) is 2. The maximum absolute atomic E-state index is 9.78. The average molecular weight is 171 g/mol. The minimum atomic E-state index is -0.472. The summed E-state index contributed by atoms with van der Waals surface area (Å²) >= 11 is 0. The molecule has 0 saturated carbocycles. The highest BCUT2D eigenvalue weighted by Crippen LogP contribution is 2.27. The molecule has 1 aliphatic heterocycles. The summed E-state index contributed by atoms with van der Waals surface area (Å²) in [6.07, 6.45) is 2.30. The zero-order chi connectivity index (χ0) is 9.19. The van der Waals surface area contributed by atoms with Crippen molar-refractivity contribution in [2.24, 2.45) is 5.92 Å². The molecule has 0 aromatic heterocycles. The molecule has 1 saturated heterocycles. The van der Waals surface area contributed by atoms with E-state index in [4.69, 9.17) is 0 Å². The monoisotopic (exact) mass is 171 g/mol. The maximum Gasteiger partial charge on any atom is 0.0620 e. The second-order valence-electron chi connectivity index (χ2n) is 4.36. The van der Waals surface area contributed by atoms with Gasteiger partial charge in [-0.15, -0.1) is 0 Å². The van der Waals surface area contributed by atoms with Crippen LogP contribution in [0, 0.1) is 5.92 Å². The molecule has 2 heteroatoms. The molecule has 0 spiro atoms. The van der Waals surface area contributed by atoms with Crippen LogP contribution >= 0.6 is 0 Å². The lowest BCUT2D eigenvalue weighted by Crippen LogP contribution is -2.41. The highest BCUT2D eigenvalue weighted by atomic mass is 16.3. The lowest BCUT2D eigenvalue weighted by molar-refractivity contribution is -0.0118. The van der Waals surface area contributed by atoms with Crippen LogP contribution in [0.4, 0.5) is 0 Å². The summed E-state index contributed by atoms with van der Waals surface area (Å²) in [6, 6.07) is 0. The van der Waals surface area contributed by atoms with Gasteiger partial charge in [0.2, 0.25) is 0 Å². The van der Waals surface area contributed by atoms with Crippen LogP contribution in [-0.4, -0.2) is 35.2 Å². The Bertz CT molecular complexity index is 131. The lowest BCUT2D eigenvalue weighted by Gasteiger charge is -2.37. The molecule has 0 aliphatic carbocycles. The van der Waals surface area contributed by atoms with E-state index in [1.165, 1.54) is 0 Å². The van der Waals surface area contributed by atoms with Crippen LogP contribution in [0.5, 0.6) is 0 Å². The standard InChI is InChI=1S/C10H21NO/c1-4-11-7-5-9(6-8-11)10(2,3)12/h9,12H,4-8H2,1-3H3. The first-order valence-corrected chi connectivity index (χ1v) is 4.98. The highest BCUT2D eigenvalue weighted by Gasteiger charge is 2.29. The van der Waals surface area contributed by atoms with Crippen molar-refractivity contribution in [3.8, 4) is 0 Å². The molecule has 0 aromatic carbocycles. The fourth-order valence-electron chi connectivity index (χ4n) is 1.96. The summed E-state index contributed by atoms with van der Waals surface area (Å²) in [5.74, 6) is 0.500. The Hall–Kier alpha value is -0.0800. The van der Waals surface area contributed by atoms with Crippen molar-refractivity contribution in [3.63, 3.8) is 0 Å². The van der Waals surface area contributed by atoms with Crippen molar-refractivity contribution in [2.45, 2.75) is 39.2 Å². The summed E-state index contributed by atoms with van der Waals surface area (Å²) in [7, 11) is 0. The van der Waals surface area contributed by atoms with E-state index in [2.05, 4.69) is 11.8 Å². The first-order valence-electron chi connectivity index (χ1n) is 4.98. The zero-order valence-corrected chi connectivity index (χ0v) is 8.51. The van der Waals surface area contributed by atoms with Crippen LogP contribution in [0.2, 0.25) is 0 Å². The number of rotatable bonds is 2. The molecular formula is C10H21NO. The van der Waals surface area contributed by atoms with E-state index in [1.54, 1.807) is 0 Å². The van der Waals surface area contributed by atoms with Gasteiger partial charge >= 0.3 is 0 Å². The van der Waals surface area contributed by atoms with E-state index in [0.717, 1.165) is 32.5 Å². The number of hydrogen-bond donors (Lipinski definition) is 1. The summed E-state index contributed by atoms with van der Waals surface area (Å²) < 4.78 is 0. The van der Waals surface area contributed by atoms with Gasteiger partial charge in [-0.25, -0.2) is 0 Å². The van der Waals surface area contributed by atoms with Gasteiger partial charge in [0, 0.05) is 0 Å². The smallest absolute Gasteiger partial charge is 0.0620 e. The van der Waals surface area contributed by atoms with Gasteiger partial charge in [0.15, 0.2) is 0 Å². The van der Waals surface area contributed by atoms with Crippen molar-refractivity contribution in [3.05, 3.63) is 0 Å². The fraction of sp³-hybridized carbons (Fsp3) is 1.00. The Morgan fingerprint density at radius 2 is 1.83 bits per heavy atom. The van der Waals surface area contributed by atoms with E-state index >= 15 is 0 Å². The molecule has 0 radical (unpaired) electrons. The molecule has 72 valence electrons. The highest BCUT2D eigenvalue weighted by molar-refractivity contribution is 4.82. The average Bonchev–Trinajstić information content (AvgIpc) is 2.03. The van der Waals surface area contributed by atoms with Crippen molar-refractivity contribution in [1.82, 2.24) is 4.90 Å². The second kappa shape index (κ2) is 3.75. The van der Waals surface area contributed by atoms with Gasteiger partial charge in [-0.1, -0.05) is 6.92 Å². The SMILES string of the molecule is CCN1CCC(C(C)(C)O)CC1. The molecule has 0 amide bonds. The number of piperidine rings is 1. The van der Waals surface area contributed by atoms with Gasteiger partial charge < -0.3 is 10.0 Å². The van der Waals surface area contributed by atoms with Crippen molar-refractivity contribution in [2.75, 3.05) is 19.6 Å². The van der Waals surface area contributed by atoms with E-state index in [-0.39, 0.29) is 0 Å². The van der Waals surface area contributed by atoms with Crippen molar-refractivity contribution in [1.29, 1.82) is 0 Å². The molecule has 1 aliphatic rings. The Morgan fingerprint density at radius 1 is 1.33 bits per heavy atom. The molecule has 2 nitrogen and oxygen atoms in total. The molecule has 1 rings (SSSR count). The van der Waals surface area contributed by atoms with Crippen molar-refractivity contribution >= 4 is 0 Å². The lowest BCUT2D eigenvalue weighted by atomic mass is 9.83. The minimum Gasteiger partial charge on any atom is -0.390 e. The van der Waals surface area contributed by atoms with Crippen LogP contribution in [0.25, 0.3) is 0 Å². The summed E-state index contributed by atoms with van der Waals surface area (Å²) in [4.78, 5) is 2.45. The minimum absolute atomic E-state index is 0.472. The molecule has 12 heavy (non-hydrogen) atoms. The van der Waals surface area contributed by atoms with Gasteiger partial charge in [0.1, 0.15) is 0 Å². The topological polar surface area (TPSA) is 23.5 Å². The van der Waals surface area contributed by atoms with Crippen LogP contribution < -0.4 is 0 Å². The Labute approximate surface area is 75.6 Å². The maximum atomic E-state index is 9.78. The second-order valence-corrected chi connectivity index (χ2v) is 4.36. The van der Waals surface area contributed by atoms with E-state index in [1.807, 2.05) is 13.8 Å². The summed E-state index contributed by atoms with van der Waals surface area (Å²) in [6.45, 7) is 9.53. The van der Waals surface area contributed by atoms with Crippen LogP contribution in [-0.2, 0) is 0 Å². The van der Waals surface area contributed by atoms with Gasteiger partial charge in [0.05, 0.1) is 5.60 Å². The van der Waals surface area contributed by atoms with Gasteiger partial charge in [0.25, 0.3) is 0 Å². The quantitative estimate of drug-likeness (QED) is 0.680. The van der Waals surface area contributed by atoms with Crippen LogP contribution in [0.1, 0.15) is 33.6 Å². The molecular weight excluding hydrogens is 150 g/mol.